The number of aromatic nitrogens is 1. The van der Waals surface area contributed by atoms with E-state index < -0.39 is 5.91 Å². The lowest BCUT2D eigenvalue weighted by molar-refractivity contribution is 0.100. The van der Waals surface area contributed by atoms with Gasteiger partial charge >= 0.3 is 0 Å². The van der Waals surface area contributed by atoms with E-state index in [4.69, 9.17) is 21.8 Å². The molecule has 0 aliphatic carbocycles. The molecular formula is C14H14ClN3O2. The van der Waals surface area contributed by atoms with Crippen LogP contribution in [0.25, 0.3) is 11.1 Å². The number of carbonyl (C=O) groups is 1. The van der Waals surface area contributed by atoms with Crippen molar-refractivity contribution in [1.82, 2.24) is 10.3 Å². The van der Waals surface area contributed by atoms with E-state index in [1.54, 1.807) is 12.1 Å². The molecule has 0 atom stereocenters. The van der Waals surface area contributed by atoms with Gasteiger partial charge in [-0.2, -0.15) is 0 Å². The van der Waals surface area contributed by atoms with E-state index in [1.165, 1.54) is 0 Å². The molecule has 20 heavy (non-hydrogen) atoms. The monoisotopic (exact) mass is 291 g/mol. The van der Waals surface area contributed by atoms with E-state index in [1.807, 2.05) is 0 Å². The molecule has 1 aromatic carbocycles. The number of oxazole rings is 1. The third kappa shape index (κ3) is 1.53. The van der Waals surface area contributed by atoms with E-state index in [9.17, 15) is 4.79 Å². The van der Waals surface area contributed by atoms with Crippen molar-refractivity contribution in [2.24, 2.45) is 5.73 Å². The van der Waals surface area contributed by atoms with Crippen molar-refractivity contribution >= 4 is 28.6 Å². The second kappa shape index (κ2) is 3.96. The minimum absolute atomic E-state index is 0.176. The molecule has 0 saturated carbocycles. The van der Waals surface area contributed by atoms with Gasteiger partial charge in [-0.25, -0.2) is 4.98 Å². The van der Waals surface area contributed by atoms with Crippen LogP contribution < -0.4 is 11.1 Å². The summed E-state index contributed by atoms with van der Waals surface area (Å²) in [6.45, 7) is 0. The number of nitrogens with one attached hydrogen (secondary N) is 1. The number of primary amides is 1. The van der Waals surface area contributed by atoms with Crippen molar-refractivity contribution < 1.29 is 9.21 Å². The molecule has 2 aliphatic rings. The van der Waals surface area contributed by atoms with Gasteiger partial charge in [0.25, 0.3) is 5.91 Å². The molecule has 3 N–H and O–H groups in total. The molecule has 4 rings (SSSR count). The number of carbonyl (C=O) groups excluding carboxylic acids is 1. The maximum atomic E-state index is 11.6. The summed E-state index contributed by atoms with van der Waals surface area (Å²) < 4.78 is 5.88. The first-order chi connectivity index (χ1) is 9.59. The number of nitrogens with zero attached hydrogens (tertiary/aromatic N) is 1. The minimum Gasteiger partial charge on any atom is -0.439 e. The molecule has 2 aromatic rings. The third-order valence-electron chi connectivity index (χ3n) is 4.49. The van der Waals surface area contributed by atoms with Crippen LogP contribution in [0.3, 0.4) is 0 Å². The van der Waals surface area contributed by atoms with Crippen LogP contribution in [0.2, 0.25) is 5.02 Å². The van der Waals surface area contributed by atoms with Crippen molar-refractivity contribution in [2.75, 3.05) is 0 Å². The molecule has 104 valence electrons. The molecule has 6 heteroatoms. The molecule has 1 amide bonds. The first-order valence-electron chi connectivity index (χ1n) is 6.76. The van der Waals surface area contributed by atoms with Crippen molar-refractivity contribution in [3.05, 3.63) is 28.6 Å². The van der Waals surface area contributed by atoms with Crippen molar-refractivity contribution in [2.45, 2.75) is 37.3 Å². The van der Waals surface area contributed by atoms with Gasteiger partial charge in [0.05, 0.1) is 16.1 Å². The number of halogens is 1. The average molecular weight is 292 g/mol. The summed E-state index contributed by atoms with van der Waals surface area (Å²) in [6, 6.07) is 3.92. The van der Waals surface area contributed by atoms with Crippen molar-refractivity contribution in [3.63, 3.8) is 0 Å². The molecule has 0 radical (unpaired) electrons. The maximum absolute atomic E-state index is 11.6. The van der Waals surface area contributed by atoms with Crippen molar-refractivity contribution in [3.8, 4) is 0 Å². The Morgan fingerprint density at radius 2 is 2.20 bits per heavy atom. The molecule has 5 nitrogen and oxygen atoms in total. The molecule has 2 aliphatic heterocycles. The normalized spacial score (nSPS) is 28.4. The van der Waals surface area contributed by atoms with E-state index in [-0.39, 0.29) is 11.1 Å². The van der Waals surface area contributed by atoms with E-state index in [2.05, 4.69) is 10.3 Å². The standard InChI is InChI=1S/C14H14ClN3O2/c15-8-1-2-9-11(10(8)12(16)19)17-13(20-9)14-5-3-7(18-14)4-6-14/h1-2,7,18H,3-6H2,(H2,16,19). The predicted octanol–water partition coefficient (Wildman–Crippen LogP) is 2.32. The fraction of sp³-hybridized carbons (Fsp3) is 0.429. The first-order valence-corrected chi connectivity index (χ1v) is 7.14. The number of benzene rings is 1. The van der Waals surface area contributed by atoms with E-state index in [0.29, 0.717) is 28.1 Å². The lowest BCUT2D eigenvalue weighted by Gasteiger charge is -2.21. The van der Waals surface area contributed by atoms with E-state index in [0.717, 1.165) is 25.7 Å². The maximum Gasteiger partial charge on any atom is 0.252 e. The topological polar surface area (TPSA) is 81.2 Å². The molecule has 2 fully saturated rings. The second-order valence-electron chi connectivity index (χ2n) is 5.65. The van der Waals surface area contributed by atoms with Crippen LogP contribution in [0.1, 0.15) is 41.9 Å². The highest BCUT2D eigenvalue weighted by atomic mass is 35.5. The SMILES string of the molecule is NC(=O)c1c(Cl)ccc2oc(C34CCC(CC3)N4)nc12. The highest BCUT2D eigenvalue weighted by molar-refractivity contribution is 6.35. The lowest BCUT2D eigenvalue weighted by Crippen LogP contribution is -2.33. The van der Waals surface area contributed by atoms with Crippen LogP contribution in [-0.2, 0) is 5.54 Å². The fourth-order valence-corrected chi connectivity index (χ4v) is 3.72. The van der Waals surface area contributed by atoms with Gasteiger partial charge < -0.3 is 15.5 Å². The number of rotatable bonds is 2. The summed E-state index contributed by atoms with van der Waals surface area (Å²) in [5.74, 6) is 0.0684. The number of amides is 1. The number of hydrogen-bond acceptors (Lipinski definition) is 4. The van der Waals surface area contributed by atoms with Crippen LogP contribution in [0.15, 0.2) is 16.5 Å². The Balaban J connectivity index is 1.91. The highest BCUT2D eigenvalue weighted by Gasteiger charge is 2.49. The predicted molar refractivity (Wildman–Crippen MR) is 74.6 cm³/mol. The average Bonchev–Trinajstić information content (AvgIpc) is 3.11. The summed E-state index contributed by atoms with van der Waals surface area (Å²) in [6.07, 6.45) is 4.32. The Morgan fingerprint density at radius 3 is 2.80 bits per heavy atom. The molecule has 0 spiro atoms. The fourth-order valence-electron chi connectivity index (χ4n) is 3.47. The molecule has 1 aromatic heterocycles. The number of nitrogens with two attached hydrogens (primary N) is 1. The zero-order chi connectivity index (χ0) is 13.9. The molecular weight excluding hydrogens is 278 g/mol. The summed E-state index contributed by atoms with van der Waals surface area (Å²) in [4.78, 5) is 16.1. The van der Waals surface area contributed by atoms with E-state index >= 15 is 0 Å². The van der Waals surface area contributed by atoms with Gasteiger partial charge in [-0.3, -0.25) is 4.79 Å². The van der Waals surface area contributed by atoms with Gasteiger partial charge in [0.15, 0.2) is 5.58 Å². The van der Waals surface area contributed by atoms with Crippen LogP contribution in [0.4, 0.5) is 0 Å². The van der Waals surface area contributed by atoms with Crippen molar-refractivity contribution in [1.29, 1.82) is 0 Å². The minimum atomic E-state index is -0.582. The smallest absolute Gasteiger partial charge is 0.252 e. The zero-order valence-electron chi connectivity index (χ0n) is 10.8. The van der Waals surface area contributed by atoms with Gasteiger partial charge in [0, 0.05) is 6.04 Å². The van der Waals surface area contributed by atoms with Gasteiger partial charge in [0.1, 0.15) is 5.52 Å². The number of fused-ring (bicyclic) bond motifs is 3. The van der Waals surface area contributed by atoms with Crippen LogP contribution in [0, 0.1) is 0 Å². The number of hydrogen-bond donors (Lipinski definition) is 2. The quantitative estimate of drug-likeness (QED) is 0.890. The molecule has 0 unspecified atom stereocenters. The van der Waals surface area contributed by atoms with Gasteiger partial charge in [-0.05, 0) is 37.8 Å². The molecule has 2 bridgehead atoms. The Bertz CT molecular complexity index is 717. The molecule has 3 heterocycles. The van der Waals surface area contributed by atoms with Crippen LogP contribution in [-0.4, -0.2) is 16.9 Å². The Kier molecular flexibility index (Phi) is 2.41. The summed E-state index contributed by atoms with van der Waals surface area (Å²) >= 11 is 6.05. The second-order valence-corrected chi connectivity index (χ2v) is 6.06. The lowest BCUT2D eigenvalue weighted by atomic mass is 9.88. The van der Waals surface area contributed by atoms with Crippen LogP contribution in [0.5, 0.6) is 0 Å². The Hall–Kier alpha value is -1.59. The summed E-state index contributed by atoms with van der Waals surface area (Å²) in [5.41, 5.74) is 6.48. The third-order valence-corrected chi connectivity index (χ3v) is 4.80. The summed E-state index contributed by atoms with van der Waals surface area (Å²) in [7, 11) is 0. The van der Waals surface area contributed by atoms with Gasteiger partial charge in [-0.15, -0.1) is 0 Å². The van der Waals surface area contributed by atoms with Crippen LogP contribution >= 0.6 is 11.6 Å². The largest absolute Gasteiger partial charge is 0.439 e. The van der Waals surface area contributed by atoms with Gasteiger partial charge in [0.2, 0.25) is 5.89 Å². The zero-order valence-corrected chi connectivity index (χ0v) is 11.5. The Morgan fingerprint density at radius 1 is 1.45 bits per heavy atom. The summed E-state index contributed by atoms with van der Waals surface area (Å²) in [5, 5.41) is 3.89. The molecule has 2 saturated heterocycles. The highest BCUT2D eigenvalue weighted by Crippen LogP contribution is 2.45. The Labute approximate surface area is 120 Å². The first kappa shape index (κ1) is 12.2. The van der Waals surface area contributed by atoms with Gasteiger partial charge in [-0.1, -0.05) is 11.6 Å².